The highest BCUT2D eigenvalue weighted by Gasteiger charge is 2.26. The minimum Gasteiger partial charge on any atom is -0.497 e. The second kappa shape index (κ2) is 4.84. The van der Waals surface area contributed by atoms with Crippen molar-refractivity contribution in [3.8, 4) is 5.75 Å². The number of rotatable bonds is 4. The van der Waals surface area contributed by atoms with Crippen LogP contribution in [0.3, 0.4) is 0 Å². The third-order valence-corrected chi connectivity index (χ3v) is 4.96. The van der Waals surface area contributed by atoms with Gasteiger partial charge < -0.3 is 10.5 Å². The molecule has 0 saturated carbocycles. The van der Waals surface area contributed by atoms with Crippen LogP contribution in [0.2, 0.25) is 0 Å². The number of benzene rings is 1. The summed E-state index contributed by atoms with van der Waals surface area (Å²) in [6, 6.07) is 5.92. The number of sulfone groups is 1. The third kappa shape index (κ3) is 2.54. The number of hydrogen-bond acceptors (Lipinski definition) is 4. The van der Waals surface area contributed by atoms with Crippen molar-refractivity contribution in [1.29, 1.82) is 0 Å². The van der Waals surface area contributed by atoms with Gasteiger partial charge in [-0.2, -0.15) is 0 Å². The Kier molecular flexibility index (Phi) is 3.93. The maximum Gasteiger partial charge on any atom is 0.182 e. The van der Waals surface area contributed by atoms with E-state index < -0.39 is 21.1 Å². The molecule has 0 aliphatic heterocycles. The predicted octanol–water partition coefficient (Wildman–Crippen LogP) is 1.20. The molecule has 16 heavy (non-hydrogen) atoms. The summed E-state index contributed by atoms with van der Waals surface area (Å²) in [6.07, 6.45) is 0. The quantitative estimate of drug-likeness (QED) is 0.862. The van der Waals surface area contributed by atoms with Gasteiger partial charge in [0.2, 0.25) is 0 Å². The van der Waals surface area contributed by atoms with Crippen LogP contribution in [-0.4, -0.2) is 26.8 Å². The molecule has 0 fully saturated rings. The Balaban J connectivity index is 3.08. The van der Waals surface area contributed by atoms with Gasteiger partial charge in [-0.25, -0.2) is 8.42 Å². The van der Waals surface area contributed by atoms with Gasteiger partial charge >= 0.3 is 0 Å². The zero-order valence-corrected chi connectivity index (χ0v) is 10.5. The normalized spacial score (nSPS) is 15.5. The minimum absolute atomic E-state index is 0.276. The van der Waals surface area contributed by atoms with Crippen molar-refractivity contribution in [3.05, 3.63) is 24.3 Å². The van der Waals surface area contributed by atoms with Gasteiger partial charge in [0.15, 0.2) is 9.84 Å². The van der Waals surface area contributed by atoms with E-state index in [1.165, 1.54) is 19.2 Å². The van der Waals surface area contributed by atoms with E-state index in [1.54, 1.807) is 26.0 Å². The maximum absolute atomic E-state index is 12.1. The summed E-state index contributed by atoms with van der Waals surface area (Å²) in [5, 5.41) is -0.596. The van der Waals surface area contributed by atoms with Gasteiger partial charge in [-0.15, -0.1) is 0 Å². The highest BCUT2D eigenvalue weighted by Crippen LogP contribution is 2.20. The van der Waals surface area contributed by atoms with Crippen LogP contribution in [-0.2, 0) is 9.84 Å². The van der Waals surface area contributed by atoms with Gasteiger partial charge in [-0.3, -0.25) is 0 Å². The number of ether oxygens (including phenoxy) is 1. The monoisotopic (exact) mass is 243 g/mol. The summed E-state index contributed by atoms with van der Waals surface area (Å²) in [5.41, 5.74) is 5.61. The van der Waals surface area contributed by atoms with Crippen molar-refractivity contribution in [1.82, 2.24) is 0 Å². The second-order valence-electron chi connectivity index (χ2n) is 3.78. The fourth-order valence-electron chi connectivity index (χ4n) is 1.26. The first-order valence-electron chi connectivity index (χ1n) is 5.03. The first-order valence-corrected chi connectivity index (χ1v) is 6.57. The van der Waals surface area contributed by atoms with Crippen molar-refractivity contribution in [3.63, 3.8) is 0 Å². The van der Waals surface area contributed by atoms with E-state index in [0.717, 1.165) is 0 Å². The van der Waals surface area contributed by atoms with Gasteiger partial charge in [0.05, 0.1) is 17.3 Å². The molecule has 0 spiro atoms. The molecule has 2 unspecified atom stereocenters. The minimum atomic E-state index is -3.34. The lowest BCUT2D eigenvalue weighted by atomic mass is 10.3. The van der Waals surface area contributed by atoms with Crippen molar-refractivity contribution < 1.29 is 13.2 Å². The Hall–Kier alpha value is -1.07. The molecule has 0 saturated heterocycles. The lowest BCUT2D eigenvalue weighted by molar-refractivity contribution is 0.414. The van der Waals surface area contributed by atoms with E-state index >= 15 is 0 Å². The van der Waals surface area contributed by atoms with E-state index in [4.69, 9.17) is 10.5 Å². The molecule has 1 aromatic rings. The van der Waals surface area contributed by atoms with Crippen LogP contribution in [0.5, 0.6) is 5.75 Å². The van der Waals surface area contributed by atoms with E-state index in [-0.39, 0.29) is 4.90 Å². The molecule has 0 bridgehead atoms. The standard InChI is InChI=1S/C11H17NO3S/c1-8(12)9(2)16(13,14)11-6-4-10(15-3)5-7-11/h4-9H,12H2,1-3H3. The van der Waals surface area contributed by atoms with Crippen LogP contribution in [0.4, 0.5) is 0 Å². The van der Waals surface area contributed by atoms with Crippen molar-refractivity contribution in [2.45, 2.75) is 30.0 Å². The van der Waals surface area contributed by atoms with Crippen LogP contribution in [0, 0.1) is 0 Å². The van der Waals surface area contributed by atoms with E-state index in [1.807, 2.05) is 0 Å². The average molecular weight is 243 g/mol. The van der Waals surface area contributed by atoms with Crippen LogP contribution < -0.4 is 10.5 Å². The first-order chi connectivity index (χ1) is 7.39. The van der Waals surface area contributed by atoms with E-state index in [2.05, 4.69) is 0 Å². The fraction of sp³-hybridized carbons (Fsp3) is 0.455. The SMILES string of the molecule is COc1ccc(S(=O)(=O)C(C)C(C)N)cc1. The summed E-state index contributed by atoms with van der Waals surface area (Å²) in [5.74, 6) is 0.632. The summed E-state index contributed by atoms with van der Waals surface area (Å²) in [6.45, 7) is 3.30. The topological polar surface area (TPSA) is 69.4 Å². The van der Waals surface area contributed by atoms with Gasteiger partial charge in [-0.05, 0) is 38.1 Å². The Morgan fingerprint density at radius 1 is 1.19 bits per heavy atom. The van der Waals surface area contributed by atoms with E-state index in [0.29, 0.717) is 5.75 Å². The van der Waals surface area contributed by atoms with Crippen molar-refractivity contribution >= 4 is 9.84 Å². The van der Waals surface area contributed by atoms with Crippen LogP contribution in [0.15, 0.2) is 29.2 Å². The number of hydrogen-bond donors (Lipinski definition) is 1. The van der Waals surface area contributed by atoms with Gasteiger partial charge in [-0.1, -0.05) is 0 Å². The number of nitrogens with two attached hydrogens (primary N) is 1. The van der Waals surface area contributed by atoms with Crippen molar-refractivity contribution in [2.75, 3.05) is 7.11 Å². The Bertz CT molecular complexity index is 437. The summed E-state index contributed by atoms with van der Waals surface area (Å²) >= 11 is 0. The molecular formula is C11H17NO3S. The summed E-state index contributed by atoms with van der Waals surface area (Å²) in [7, 11) is -1.81. The molecule has 0 aliphatic rings. The largest absolute Gasteiger partial charge is 0.497 e. The average Bonchev–Trinajstić information content (AvgIpc) is 2.28. The zero-order valence-electron chi connectivity index (χ0n) is 9.67. The summed E-state index contributed by atoms with van der Waals surface area (Å²) in [4.78, 5) is 0.276. The van der Waals surface area contributed by atoms with Crippen LogP contribution >= 0.6 is 0 Å². The molecule has 0 radical (unpaired) electrons. The molecule has 2 atom stereocenters. The second-order valence-corrected chi connectivity index (χ2v) is 6.09. The van der Waals surface area contributed by atoms with Crippen LogP contribution in [0.25, 0.3) is 0 Å². The Labute approximate surface area is 96.3 Å². The zero-order chi connectivity index (χ0) is 12.3. The third-order valence-electron chi connectivity index (χ3n) is 2.62. The first kappa shape index (κ1) is 13.0. The molecule has 0 heterocycles. The summed E-state index contributed by atoms with van der Waals surface area (Å²) < 4.78 is 29.1. The van der Waals surface area contributed by atoms with Crippen LogP contribution in [0.1, 0.15) is 13.8 Å². The molecule has 0 amide bonds. The van der Waals surface area contributed by atoms with Gasteiger partial charge in [0, 0.05) is 6.04 Å². The van der Waals surface area contributed by atoms with E-state index in [9.17, 15) is 8.42 Å². The fourth-order valence-corrected chi connectivity index (χ4v) is 2.77. The Morgan fingerprint density at radius 2 is 1.69 bits per heavy atom. The van der Waals surface area contributed by atoms with Gasteiger partial charge in [0.25, 0.3) is 0 Å². The smallest absolute Gasteiger partial charge is 0.182 e. The molecule has 0 aromatic heterocycles. The molecule has 0 aliphatic carbocycles. The maximum atomic E-state index is 12.1. The predicted molar refractivity (Wildman–Crippen MR) is 63.3 cm³/mol. The molecule has 1 aromatic carbocycles. The van der Waals surface area contributed by atoms with Crippen molar-refractivity contribution in [2.24, 2.45) is 5.73 Å². The molecule has 4 nitrogen and oxygen atoms in total. The highest BCUT2D eigenvalue weighted by atomic mass is 32.2. The number of methoxy groups -OCH3 is 1. The molecule has 2 N–H and O–H groups in total. The lowest BCUT2D eigenvalue weighted by Crippen LogP contribution is -2.35. The molecule has 90 valence electrons. The highest BCUT2D eigenvalue weighted by molar-refractivity contribution is 7.92. The van der Waals surface area contributed by atoms with Gasteiger partial charge in [0.1, 0.15) is 5.75 Å². The molecule has 1 rings (SSSR count). The Morgan fingerprint density at radius 3 is 2.06 bits per heavy atom. The lowest BCUT2D eigenvalue weighted by Gasteiger charge is -2.16. The molecule has 5 heteroatoms. The molecular weight excluding hydrogens is 226 g/mol.